The van der Waals surface area contributed by atoms with Crippen LogP contribution in [0.3, 0.4) is 0 Å². The molecular weight excluding hydrogens is 488 g/mol. The smallest absolute Gasteiger partial charge is 0.244 e. The van der Waals surface area contributed by atoms with Crippen LogP contribution in [0.2, 0.25) is 0 Å². The fourth-order valence-corrected chi connectivity index (χ4v) is 5.62. The summed E-state index contributed by atoms with van der Waals surface area (Å²) < 4.78 is 14.1. The summed E-state index contributed by atoms with van der Waals surface area (Å²) >= 11 is 0. The van der Waals surface area contributed by atoms with Gasteiger partial charge in [0.15, 0.2) is 0 Å². The molecule has 206 valence electrons. The van der Waals surface area contributed by atoms with Crippen LogP contribution < -0.4 is 5.48 Å². The summed E-state index contributed by atoms with van der Waals surface area (Å²) in [6.45, 7) is 5.67. The largest absolute Gasteiger partial charge is 0.377 e. The van der Waals surface area contributed by atoms with Gasteiger partial charge in [0.2, 0.25) is 11.8 Å². The van der Waals surface area contributed by atoms with Crippen molar-refractivity contribution in [2.75, 3.05) is 41.3 Å². The Morgan fingerprint density at radius 3 is 2.35 bits per heavy atom. The number of nitrogens with one attached hydrogen (secondary N) is 1. The lowest BCUT2D eigenvalue weighted by Crippen LogP contribution is -2.41. The molecule has 1 fully saturated rings. The average molecular weight is 533 g/mol. The topological polar surface area (TPSA) is 93.2 Å². The zero-order valence-corrected chi connectivity index (χ0v) is 24.0. The van der Waals surface area contributed by atoms with Crippen molar-refractivity contribution in [2.45, 2.75) is 57.3 Å². The van der Waals surface area contributed by atoms with Crippen LogP contribution >= 0.6 is 0 Å². The molecule has 37 heavy (non-hydrogen) atoms. The van der Waals surface area contributed by atoms with Crippen LogP contribution in [0, 0.1) is 11.8 Å². The summed E-state index contributed by atoms with van der Waals surface area (Å²) in [5.74, 6) is -0.372. The number of hydrogen-bond donors (Lipinski definition) is 2. The van der Waals surface area contributed by atoms with Crippen LogP contribution in [-0.2, 0) is 20.6 Å². The van der Waals surface area contributed by atoms with Crippen molar-refractivity contribution in [1.82, 2.24) is 19.6 Å². The van der Waals surface area contributed by atoms with E-state index in [1.165, 1.54) is 12.1 Å². The molecule has 1 aromatic rings. The second-order valence-corrected chi connectivity index (χ2v) is 12.0. The van der Waals surface area contributed by atoms with Crippen molar-refractivity contribution in [2.24, 2.45) is 11.8 Å². The summed E-state index contributed by atoms with van der Waals surface area (Å²) in [4.78, 5) is 28.4. The molecule has 2 atom stereocenters. The number of fused-ring (bicyclic) bond motifs is 1. The highest BCUT2D eigenvalue weighted by atomic mass is 32.2. The Labute approximate surface area is 224 Å². The van der Waals surface area contributed by atoms with E-state index in [4.69, 9.17) is 5.21 Å². The number of nitrogens with zero attached hydrogens (tertiary/aromatic N) is 3. The fraction of sp³-hybridized carbons (Fsp3) is 0.571. The monoisotopic (exact) mass is 532 g/mol. The van der Waals surface area contributed by atoms with Crippen LogP contribution in [0.5, 0.6) is 0 Å². The van der Waals surface area contributed by atoms with Crippen LogP contribution in [0.25, 0.3) is 11.8 Å². The van der Waals surface area contributed by atoms with E-state index >= 15 is 0 Å². The first kappa shape index (κ1) is 30.7. The maximum absolute atomic E-state index is 12.4. The molecule has 0 spiro atoms. The number of likely N-dealkylation sites (tertiary alicyclic amines) is 1. The Bertz CT molecular complexity index is 998. The molecule has 1 aromatic carbocycles. The van der Waals surface area contributed by atoms with Crippen molar-refractivity contribution in [3.63, 3.8) is 0 Å². The van der Waals surface area contributed by atoms with Gasteiger partial charge in [0.05, 0.1) is 4.90 Å². The fourth-order valence-electron chi connectivity index (χ4n) is 4.67. The van der Waals surface area contributed by atoms with Gasteiger partial charge in [-0.15, -0.1) is 0 Å². The van der Waals surface area contributed by atoms with Gasteiger partial charge in [-0.25, -0.2) is 14.0 Å². The van der Waals surface area contributed by atoms with Gasteiger partial charge >= 0.3 is 0 Å². The van der Waals surface area contributed by atoms with Crippen molar-refractivity contribution in [3.05, 3.63) is 41.5 Å². The van der Waals surface area contributed by atoms with E-state index < -0.39 is 16.9 Å². The number of hydrogen-bond acceptors (Lipinski definition) is 5. The summed E-state index contributed by atoms with van der Waals surface area (Å²) in [7, 11) is 6.62. The zero-order chi connectivity index (χ0) is 27.5. The molecule has 2 aliphatic rings. The highest BCUT2D eigenvalue weighted by molar-refractivity contribution is 7.82. The van der Waals surface area contributed by atoms with E-state index in [0.29, 0.717) is 12.3 Å². The quantitative estimate of drug-likeness (QED) is 0.388. The van der Waals surface area contributed by atoms with Crippen molar-refractivity contribution in [3.8, 4) is 0 Å². The first-order valence-electron chi connectivity index (χ1n) is 13.0. The molecule has 1 unspecified atom stereocenters. The van der Waals surface area contributed by atoms with Gasteiger partial charge < -0.3 is 9.80 Å². The summed E-state index contributed by atoms with van der Waals surface area (Å²) in [6, 6.07) is 6.01. The van der Waals surface area contributed by atoms with E-state index in [0.717, 1.165) is 48.4 Å². The summed E-state index contributed by atoms with van der Waals surface area (Å²) in [5, 5.41) is 8.59. The number of benzene rings is 1. The Morgan fingerprint density at radius 2 is 1.78 bits per heavy atom. The van der Waals surface area contributed by atoms with Gasteiger partial charge in [-0.05, 0) is 58.2 Å². The molecule has 0 radical (unpaired) electrons. The Hall–Kier alpha value is -2.49. The minimum absolute atomic E-state index is 0.0620. The number of amides is 2. The third-order valence-corrected chi connectivity index (χ3v) is 7.80. The van der Waals surface area contributed by atoms with Gasteiger partial charge in [-0.2, -0.15) is 0 Å². The highest BCUT2D eigenvalue weighted by Gasteiger charge is 2.28. The van der Waals surface area contributed by atoms with Crippen molar-refractivity contribution < 1.29 is 19.0 Å². The first-order chi connectivity index (χ1) is 17.6. The number of carbonyl (C=O) groups excluding carboxylic acids is 2. The van der Waals surface area contributed by atoms with Gasteiger partial charge in [0.1, 0.15) is 11.0 Å². The van der Waals surface area contributed by atoms with Crippen molar-refractivity contribution in [1.29, 1.82) is 0 Å². The standard InChI is InChI=1S/C15H20N2OS.C13H24N2O3/c1-16(2)14-10-6-5-8-13-12(14)9-7-11-15(13)19(18)17(3)4;1-10(2)8-11(9-12(16)14-18)13(17)15-6-4-3-5-7-15/h5,7-11H,6H2,1-4H3;10-11,18H,3-9H2,1-2H3,(H,14,16)/t;11-/m.1/s1. The minimum atomic E-state index is -1.12. The maximum atomic E-state index is 12.4. The lowest BCUT2D eigenvalue weighted by Gasteiger charge is -2.30. The summed E-state index contributed by atoms with van der Waals surface area (Å²) in [5.41, 5.74) is 5.00. The third kappa shape index (κ3) is 9.09. The molecule has 0 bridgehead atoms. The molecule has 1 saturated heterocycles. The minimum Gasteiger partial charge on any atom is -0.377 e. The molecule has 0 aromatic heterocycles. The molecule has 9 heteroatoms. The van der Waals surface area contributed by atoms with Crippen LogP contribution in [-0.4, -0.2) is 76.6 Å². The maximum Gasteiger partial charge on any atom is 0.244 e. The molecule has 2 amide bonds. The third-order valence-electron chi connectivity index (χ3n) is 6.40. The normalized spacial score (nSPS) is 16.7. The van der Waals surface area contributed by atoms with Gasteiger partial charge in [-0.1, -0.05) is 44.2 Å². The Balaban J connectivity index is 0.000000261. The number of rotatable bonds is 8. The predicted molar refractivity (Wildman–Crippen MR) is 150 cm³/mol. The van der Waals surface area contributed by atoms with Gasteiger partial charge in [-0.3, -0.25) is 14.8 Å². The van der Waals surface area contributed by atoms with E-state index in [2.05, 4.69) is 29.2 Å². The molecule has 1 heterocycles. The molecular formula is C28H44N4O4S. The molecule has 1 aliphatic heterocycles. The second-order valence-electron chi connectivity index (χ2n) is 10.4. The van der Waals surface area contributed by atoms with E-state index in [-0.39, 0.29) is 18.2 Å². The first-order valence-corrected chi connectivity index (χ1v) is 14.2. The van der Waals surface area contributed by atoms with Crippen LogP contribution in [0.4, 0.5) is 0 Å². The molecule has 1 aliphatic carbocycles. The number of hydroxylamine groups is 1. The van der Waals surface area contributed by atoms with Gasteiger partial charge in [0, 0.05) is 56.3 Å². The SMILES string of the molecule is CC(C)C[C@H](CC(=O)NO)C(=O)N1CCCCC1.CN(C)C1=CCC=Cc2c1cccc2S(=O)N(C)C. The molecule has 0 saturated carbocycles. The lowest BCUT2D eigenvalue weighted by atomic mass is 9.92. The van der Waals surface area contributed by atoms with Crippen LogP contribution in [0.1, 0.15) is 63.5 Å². The molecule has 3 rings (SSSR count). The number of allylic oxidation sites excluding steroid dienone is 2. The van der Waals surface area contributed by atoms with Gasteiger partial charge in [0.25, 0.3) is 0 Å². The number of piperidine rings is 1. The zero-order valence-electron chi connectivity index (χ0n) is 23.2. The van der Waals surface area contributed by atoms with Crippen LogP contribution in [0.15, 0.2) is 35.2 Å². The Morgan fingerprint density at radius 1 is 1.11 bits per heavy atom. The highest BCUT2D eigenvalue weighted by Crippen LogP contribution is 2.30. The predicted octanol–water partition coefficient (Wildman–Crippen LogP) is 4.15. The second kappa shape index (κ2) is 15.1. The van der Waals surface area contributed by atoms with E-state index in [1.54, 1.807) is 9.79 Å². The van der Waals surface area contributed by atoms with E-state index in [1.807, 2.05) is 59.1 Å². The van der Waals surface area contributed by atoms with E-state index in [9.17, 15) is 13.8 Å². The Kier molecular flexibility index (Phi) is 12.5. The molecule has 8 nitrogen and oxygen atoms in total. The average Bonchev–Trinajstić information content (AvgIpc) is 3.10. The number of carbonyl (C=O) groups is 2. The molecule has 2 N–H and O–H groups in total. The summed E-state index contributed by atoms with van der Waals surface area (Å²) in [6.07, 6.45) is 11.3. The lowest BCUT2D eigenvalue weighted by molar-refractivity contribution is -0.141. The van der Waals surface area contributed by atoms with Crippen molar-refractivity contribution >= 4 is 34.6 Å².